The first-order valence-corrected chi connectivity index (χ1v) is 4.64. The smallest absolute Gasteiger partial charge is 0.141 e. The molecule has 2 aromatic heterocycles. The van der Waals surface area contributed by atoms with Crippen LogP contribution in [0, 0.1) is 3.57 Å². The summed E-state index contributed by atoms with van der Waals surface area (Å²) in [4.78, 5) is 12.0. The van der Waals surface area contributed by atoms with E-state index in [2.05, 4.69) is 37.5 Å². The molecular weight excluding hydrogens is 288 g/mol. The minimum atomic E-state index is 0.450. The molecule has 0 aromatic carbocycles. The predicted octanol–water partition coefficient (Wildman–Crippen LogP) is 2.28. The maximum atomic E-state index is 5.83. The molecule has 0 bridgehead atoms. The Balaban J connectivity index is 2.94. The van der Waals surface area contributed by atoms with Crippen molar-refractivity contribution in [3.8, 4) is 0 Å². The van der Waals surface area contributed by atoms with Crippen LogP contribution in [0.2, 0.25) is 5.15 Å². The zero-order valence-electron chi connectivity index (χ0n) is 5.83. The van der Waals surface area contributed by atoms with Crippen molar-refractivity contribution in [3.63, 3.8) is 0 Å². The topological polar surface area (TPSA) is 38.7 Å². The summed E-state index contributed by atoms with van der Waals surface area (Å²) in [5.74, 6) is 0. The molecule has 0 aliphatic carbocycles. The maximum Gasteiger partial charge on any atom is 0.141 e. The van der Waals surface area contributed by atoms with E-state index in [9.17, 15) is 0 Å². The van der Waals surface area contributed by atoms with Crippen molar-refractivity contribution >= 4 is 45.1 Å². The third-order valence-corrected chi connectivity index (χ3v) is 2.54. The SMILES string of the molecule is Clc1ncnc2c(I)cncc12. The number of hydrogen-bond donors (Lipinski definition) is 0. The van der Waals surface area contributed by atoms with Crippen molar-refractivity contribution in [3.05, 3.63) is 27.4 Å². The molecule has 2 aromatic rings. The van der Waals surface area contributed by atoms with Gasteiger partial charge in [0.25, 0.3) is 0 Å². The second kappa shape index (κ2) is 3.10. The van der Waals surface area contributed by atoms with Crippen molar-refractivity contribution < 1.29 is 0 Å². The van der Waals surface area contributed by atoms with E-state index < -0.39 is 0 Å². The molecule has 0 N–H and O–H groups in total. The zero-order chi connectivity index (χ0) is 8.55. The molecule has 0 radical (unpaired) electrons. The Morgan fingerprint density at radius 2 is 2.08 bits per heavy atom. The molecule has 0 saturated carbocycles. The van der Waals surface area contributed by atoms with Crippen LogP contribution in [-0.2, 0) is 0 Å². The number of halogens is 2. The normalized spacial score (nSPS) is 10.5. The second-order valence-electron chi connectivity index (χ2n) is 2.18. The first kappa shape index (κ1) is 8.12. The molecule has 0 aliphatic rings. The van der Waals surface area contributed by atoms with E-state index in [-0.39, 0.29) is 0 Å². The van der Waals surface area contributed by atoms with Crippen LogP contribution in [0.3, 0.4) is 0 Å². The Hall–Kier alpha value is -0.490. The highest BCUT2D eigenvalue weighted by Gasteiger charge is 2.03. The van der Waals surface area contributed by atoms with Gasteiger partial charge in [0.1, 0.15) is 11.5 Å². The third kappa shape index (κ3) is 1.25. The van der Waals surface area contributed by atoms with Gasteiger partial charge in [0.2, 0.25) is 0 Å². The molecular formula is C7H3ClIN3. The van der Waals surface area contributed by atoms with Gasteiger partial charge in [-0.15, -0.1) is 0 Å². The van der Waals surface area contributed by atoms with Gasteiger partial charge in [0.05, 0.1) is 14.5 Å². The fourth-order valence-electron chi connectivity index (χ4n) is 0.917. The molecule has 0 saturated heterocycles. The summed E-state index contributed by atoms with van der Waals surface area (Å²) in [7, 11) is 0. The highest BCUT2D eigenvalue weighted by molar-refractivity contribution is 14.1. The summed E-state index contributed by atoms with van der Waals surface area (Å²) in [6.07, 6.45) is 4.86. The van der Waals surface area contributed by atoms with E-state index in [4.69, 9.17) is 11.6 Å². The van der Waals surface area contributed by atoms with Crippen molar-refractivity contribution in [1.29, 1.82) is 0 Å². The summed E-state index contributed by atoms with van der Waals surface area (Å²) in [5.41, 5.74) is 0.852. The Morgan fingerprint density at radius 1 is 1.25 bits per heavy atom. The van der Waals surface area contributed by atoms with Gasteiger partial charge >= 0.3 is 0 Å². The summed E-state index contributed by atoms with van der Waals surface area (Å²) in [6.45, 7) is 0. The minimum absolute atomic E-state index is 0.450. The number of aromatic nitrogens is 3. The molecule has 60 valence electrons. The largest absolute Gasteiger partial charge is 0.263 e. The summed E-state index contributed by atoms with van der Waals surface area (Å²) in [6, 6.07) is 0. The van der Waals surface area contributed by atoms with Gasteiger partial charge in [-0.05, 0) is 22.6 Å². The van der Waals surface area contributed by atoms with Gasteiger partial charge in [-0.25, -0.2) is 9.97 Å². The van der Waals surface area contributed by atoms with Crippen molar-refractivity contribution in [2.45, 2.75) is 0 Å². The fraction of sp³-hybridized carbons (Fsp3) is 0. The molecule has 0 spiro atoms. The van der Waals surface area contributed by atoms with Crippen LogP contribution in [0.5, 0.6) is 0 Å². The lowest BCUT2D eigenvalue weighted by Crippen LogP contribution is -1.87. The van der Waals surface area contributed by atoms with Crippen molar-refractivity contribution in [2.75, 3.05) is 0 Å². The lowest BCUT2D eigenvalue weighted by molar-refractivity contribution is 1.20. The molecule has 2 heterocycles. The molecule has 0 aliphatic heterocycles. The average Bonchev–Trinajstić information content (AvgIpc) is 2.07. The number of hydrogen-bond acceptors (Lipinski definition) is 3. The molecule has 0 fully saturated rings. The predicted molar refractivity (Wildman–Crippen MR) is 55.1 cm³/mol. The molecule has 5 heteroatoms. The third-order valence-electron chi connectivity index (χ3n) is 1.45. The van der Waals surface area contributed by atoms with E-state index in [0.717, 1.165) is 14.5 Å². The van der Waals surface area contributed by atoms with E-state index in [1.165, 1.54) is 6.33 Å². The molecule has 3 nitrogen and oxygen atoms in total. The van der Waals surface area contributed by atoms with Crippen LogP contribution in [0.15, 0.2) is 18.7 Å². The number of pyridine rings is 1. The van der Waals surface area contributed by atoms with E-state index in [0.29, 0.717) is 5.15 Å². The van der Waals surface area contributed by atoms with Crippen LogP contribution < -0.4 is 0 Å². The fourth-order valence-corrected chi connectivity index (χ4v) is 1.69. The monoisotopic (exact) mass is 291 g/mol. The molecule has 2 rings (SSSR count). The van der Waals surface area contributed by atoms with Crippen LogP contribution >= 0.6 is 34.2 Å². The highest BCUT2D eigenvalue weighted by atomic mass is 127. The average molecular weight is 291 g/mol. The maximum absolute atomic E-state index is 5.83. The van der Waals surface area contributed by atoms with Gasteiger partial charge < -0.3 is 0 Å². The highest BCUT2D eigenvalue weighted by Crippen LogP contribution is 2.21. The number of fused-ring (bicyclic) bond motifs is 1. The van der Waals surface area contributed by atoms with Gasteiger partial charge in [-0.3, -0.25) is 4.98 Å². The molecule has 0 unspecified atom stereocenters. The van der Waals surface area contributed by atoms with Gasteiger partial charge in [-0.1, -0.05) is 11.6 Å². The number of rotatable bonds is 0. The van der Waals surface area contributed by atoms with Gasteiger partial charge in [-0.2, -0.15) is 0 Å². The first-order chi connectivity index (χ1) is 5.79. The van der Waals surface area contributed by atoms with E-state index in [1.807, 2.05) is 0 Å². The van der Waals surface area contributed by atoms with Crippen LogP contribution in [0.25, 0.3) is 10.9 Å². The van der Waals surface area contributed by atoms with Crippen molar-refractivity contribution in [2.24, 2.45) is 0 Å². The quantitative estimate of drug-likeness (QED) is 0.552. The van der Waals surface area contributed by atoms with Crippen LogP contribution in [0.1, 0.15) is 0 Å². The Bertz CT molecular complexity index is 391. The standard InChI is InChI=1S/C7H3ClIN3/c8-7-4-1-10-2-5(9)6(4)11-3-12-7/h1-3H. The lowest BCUT2D eigenvalue weighted by Gasteiger charge is -1.98. The second-order valence-corrected chi connectivity index (χ2v) is 3.70. The summed E-state index contributed by atoms with van der Waals surface area (Å²) < 4.78 is 0.981. The van der Waals surface area contributed by atoms with E-state index >= 15 is 0 Å². The molecule has 0 amide bonds. The van der Waals surface area contributed by atoms with Crippen molar-refractivity contribution in [1.82, 2.24) is 15.0 Å². The lowest BCUT2D eigenvalue weighted by atomic mass is 10.3. The van der Waals surface area contributed by atoms with Gasteiger partial charge in [0, 0.05) is 12.4 Å². The van der Waals surface area contributed by atoms with Gasteiger partial charge in [0.15, 0.2) is 0 Å². The first-order valence-electron chi connectivity index (χ1n) is 3.19. The minimum Gasteiger partial charge on any atom is -0.263 e. The van der Waals surface area contributed by atoms with E-state index in [1.54, 1.807) is 12.4 Å². The van der Waals surface area contributed by atoms with Crippen LogP contribution in [-0.4, -0.2) is 15.0 Å². The summed E-state index contributed by atoms with van der Waals surface area (Å²) >= 11 is 8.00. The Kier molecular flexibility index (Phi) is 2.10. The molecule has 0 atom stereocenters. The zero-order valence-corrected chi connectivity index (χ0v) is 8.74. The molecule has 12 heavy (non-hydrogen) atoms. The number of nitrogens with zero attached hydrogens (tertiary/aromatic N) is 3. The van der Waals surface area contributed by atoms with Crippen LogP contribution in [0.4, 0.5) is 0 Å². The Morgan fingerprint density at radius 3 is 2.83 bits per heavy atom. The Labute approximate surface area is 87.3 Å². The summed E-state index contributed by atoms with van der Waals surface area (Å²) in [5, 5.41) is 1.25.